The minimum Gasteiger partial charge on any atom is -0.497 e. The molecule has 2 aromatic rings. The largest absolute Gasteiger partial charge is 0.497 e. The number of nitrogens with two attached hydrogens (primary N) is 1. The monoisotopic (exact) mass is 254 g/mol. The van der Waals surface area contributed by atoms with Crippen LogP contribution in [-0.2, 0) is 6.54 Å². The van der Waals surface area contributed by atoms with Crippen molar-refractivity contribution in [3.8, 4) is 16.2 Å². The first-order valence-electron chi connectivity index (χ1n) is 4.73. The van der Waals surface area contributed by atoms with E-state index in [1.165, 1.54) is 0 Å². The molecule has 1 aromatic heterocycles. The van der Waals surface area contributed by atoms with Gasteiger partial charge in [0.2, 0.25) is 0 Å². The van der Waals surface area contributed by atoms with E-state index in [9.17, 15) is 0 Å². The maximum absolute atomic E-state index is 6.16. The number of hydrogen-bond acceptors (Lipinski definition) is 4. The van der Waals surface area contributed by atoms with E-state index in [0.29, 0.717) is 11.6 Å². The maximum atomic E-state index is 6.16. The highest BCUT2D eigenvalue weighted by Crippen LogP contribution is 2.34. The van der Waals surface area contributed by atoms with Gasteiger partial charge in [-0.15, -0.1) is 11.3 Å². The van der Waals surface area contributed by atoms with Gasteiger partial charge in [0.1, 0.15) is 10.8 Å². The van der Waals surface area contributed by atoms with Crippen LogP contribution in [0.5, 0.6) is 5.75 Å². The van der Waals surface area contributed by atoms with Crippen LogP contribution in [0.15, 0.2) is 24.4 Å². The zero-order valence-electron chi connectivity index (χ0n) is 8.74. The molecule has 0 saturated heterocycles. The number of nitrogens with zero attached hydrogens (tertiary/aromatic N) is 1. The SMILES string of the molecule is COc1ccc(-c2cnc(CN)s2)c(Cl)c1. The van der Waals surface area contributed by atoms with E-state index in [4.69, 9.17) is 22.1 Å². The van der Waals surface area contributed by atoms with Crippen LogP contribution < -0.4 is 10.5 Å². The fourth-order valence-electron chi connectivity index (χ4n) is 1.35. The number of benzene rings is 1. The Morgan fingerprint density at radius 2 is 2.31 bits per heavy atom. The van der Waals surface area contributed by atoms with Crippen molar-refractivity contribution in [1.29, 1.82) is 0 Å². The Bertz CT molecular complexity index is 498. The van der Waals surface area contributed by atoms with Crippen LogP contribution in [0.1, 0.15) is 5.01 Å². The first kappa shape index (κ1) is 11.4. The molecular weight excluding hydrogens is 244 g/mol. The lowest BCUT2D eigenvalue weighted by Crippen LogP contribution is -1.93. The predicted octanol–water partition coefficient (Wildman–Crippen LogP) is 2.93. The normalized spacial score (nSPS) is 10.4. The molecule has 0 aliphatic carbocycles. The molecule has 0 aliphatic rings. The Morgan fingerprint density at radius 3 is 2.88 bits per heavy atom. The van der Waals surface area contributed by atoms with Crippen molar-refractivity contribution >= 4 is 22.9 Å². The van der Waals surface area contributed by atoms with E-state index in [-0.39, 0.29) is 0 Å². The third kappa shape index (κ3) is 2.19. The molecule has 0 aliphatic heterocycles. The van der Waals surface area contributed by atoms with E-state index < -0.39 is 0 Å². The lowest BCUT2D eigenvalue weighted by Gasteiger charge is -2.03. The van der Waals surface area contributed by atoms with Gasteiger partial charge in [0.15, 0.2) is 0 Å². The lowest BCUT2D eigenvalue weighted by molar-refractivity contribution is 0.415. The average Bonchev–Trinajstić information content (AvgIpc) is 2.77. The van der Waals surface area contributed by atoms with E-state index in [1.54, 1.807) is 30.7 Å². The second kappa shape index (κ2) is 4.82. The zero-order valence-corrected chi connectivity index (χ0v) is 10.3. The van der Waals surface area contributed by atoms with Crippen molar-refractivity contribution in [1.82, 2.24) is 4.98 Å². The number of methoxy groups -OCH3 is 1. The molecule has 0 amide bonds. The Balaban J connectivity index is 2.40. The summed E-state index contributed by atoms with van der Waals surface area (Å²) in [7, 11) is 1.62. The highest BCUT2D eigenvalue weighted by molar-refractivity contribution is 7.15. The zero-order chi connectivity index (χ0) is 11.5. The standard InChI is InChI=1S/C11H11ClN2OS/c1-15-7-2-3-8(9(12)4-7)10-6-14-11(5-13)16-10/h2-4,6H,5,13H2,1H3. The molecule has 2 rings (SSSR count). The number of aromatic nitrogens is 1. The average molecular weight is 255 g/mol. The Kier molecular flexibility index (Phi) is 3.43. The summed E-state index contributed by atoms with van der Waals surface area (Å²) in [4.78, 5) is 5.22. The van der Waals surface area contributed by atoms with Crippen molar-refractivity contribution in [2.24, 2.45) is 5.73 Å². The van der Waals surface area contributed by atoms with Gasteiger partial charge in [-0.2, -0.15) is 0 Å². The van der Waals surface area contributed by atoms with Gasteiger partial charge in [-0.1, -0.05) is 11.6 Å². The molecule has 0 unspecified atom stereocenters. The fourth-order valence-corrected chi connectivity index (χ4v) is 2.52. The molecule has 0 bridgehead atoms. The quantitative estimate of drug-likeness (QED) is 0.916. The third-order valence-electron chi connectivity index (χ3n) is 2.17. The van der Waals surface area contributed by atoms with Gasteiger partial charge in [0, 0.05) is 18.3 Å². The van der Waals surface area contributed by atoms with Crippen LogP contribution in [-0.4, -0.2) is 12.1 Å². The van der Waals surface area contributed by atoms with Crippen LogP contribution in [0.4, 0.5) is 0 Å². The number of ether oxygens (including phenoxy) is 1. The molecule has 2 N–H and O–H groups in total. The molecule has 16 heavy (non-hydrogen) atoms. The lowest BCUT2D eigenvalue weighted by atomic mass is 10.2. The maximum Gasteiger partial charge on any atom is 0.120 e. The summed E-state index contributed by atoms with van der Waals surface area (Å²) < 4.78 is 5.10. The topological polar surface area (TPSA) is 48.1 Å². The van der Waals surface area contributed by atoms with Gasteiger partial charge in [-0.3, -0.25) is 0 Å². The molecule has 1 aromatic carbocycles. The summed E-state index contributed by atoms with van der Waals surface area (Å²) in [5.41, 5.74) is 6.48. The van der Waals surface area contributed by atoms with Crippen molar-refractivity contribution in [2.75, 3.05) is 7.11 Å². The Labute approximate surface area is 103 Å². The van der Waals surface area contributed by atoms with E-state index in [1.807, 2.05) is 12.1 Å². The molecule has 84 valence electrons. The molecule has 0 saturated carbocycles. The molecule has 0 atom stereocenters. The van der Waals surface area contributed by atoms with Crippen molar-refractivity contribution in [2.45, 2.75) is 6.54 Å². The summed E-state index contributed by atoms with van der Waals surface area (Å²) in [5.74, 6) is 0.748. The minimum atomic E-state index is 0.457. The molecular formula is C11H11ClN2OS. The molecule has 0 fully saturated rings. The summed E-state index contributed by atoms with van der Waals surface area (Å²) in [5, 5.41) is 1.56. The highest BCUT2D eigenvalue weighted by Gasteiger charge is 2.08. The fraction of sp³-hybridized carbons (Fsp3) is 0.182. The third-order valence-corrected chi connectivity index (χ3v) is 3.54. The Hall–Kier alpha value is -1.10. The Morgan fingerprint density at radius 1 is 1.50 bits per heavy atom. The van der Waals surface area contributed by atoms with Crippen LogP contribution in [0.2, 0.25) is 5.02 Å². The molecule has 0 radical (unpaired) electrons. The van der Waals surface area contributed by atoms with Crippen molar-refractivity contribution in [3.63, 3.8) is 0 Å². The van der Waals surface area contributed by atoms with E-state index in [0.717, 1.165) is 21.2 Å². The van der Waals surface area contributed by atoms with Crippen molar-refractivity contribution in [3.05, 3.63) is 34.4 Å². The minimum absolute atomic E-state index is 0.457. The second-order valence-corrected chi connectivity index (χ2v) is 4.69. The van der Waals surface area contributed by atoms with Gasteiger partial charge in [-0.05, 0) is 18.2 Å². The van der Waals surface area contributed by atoms with Crippen LogP contribution >= 0.6 is 22.9 Å². The first-order chi connectivity index (χ1) is 7.74. The number of halogens is 1. The van der Waals surface area contributed by atoms with Gasteiger partial charge in [-0.25, -0.2) is 4.98 Å². The first-order valence-corrected chi connectivity index (χ1v) is 5.92. The van der Waals surface area contributed by atoms with Gasteiger partial charge in [0.25, 0.3) is 0 Å². The summed E-state index contributed by atoms with van der Waals surface area (Å²) in [6, 6.07) is 5.59. The van der Waals surface area contributed by atoms with E-state index in [2.05, 4.69) is 4.98 Å². The van der Waals surface area contributed by atoms with Crippen LogP contribution in [0.3, 0.4) is 0 Å². The van der Waals surface area contributed by atoms with E-state index >= 15 is 0 Å². The van der Waals surface area contributed by atoms with Gasteiger partial charge in [0.05, 0.1) is 17.0 Å². The van der Waals surface area contributed by atoms with Crippen LogP contribution in [0, 0.1) is 0 Å². The van der Waals surface area contributed by atoms with Crippen LogP contribution in [0.25, 0.3) is 10.4 Å². The summed E-state index contributed by atoms with van der Waals surface area (Å²) in [6.07, 6.45) is 1.79. The molecule has 1 heterocycles. The summed E-state index contributed by atoms with van der Waals surface area (Å²) >= 11 is 7.71. The predicted molar refractivity (Wildman–Crippen MR) is 67.0 cm³/mol. The number of hydrogen-bond donors (Lipinski definition) is 1. The number of thiazole rings is 1. The van der Waals surface area contributed by atoms with Crippen molar-refractivity contribution < 1.29 is 4.74 Å². The molecule has 0 spiro atoms. The molecule has 3 nitrogen and oxygen atoms in total. The van der Waals surface area contributed by atoms with Gasteiger partial charge < -0.3 is 10.5 Å². The second-order valence-electron chi connectivity index (χ2n) is 3.17. The molecule has 5 heteroatoms. The van der Waals surface area contributed by atoms with Gasteiger partial charge >= 0.3 is 0 Å². The highest BCUT2D eigenvalue weighted by atomic mass is 35.5. The smallest absolute Gasteiger partial charge is 0.120 e. The number of rotatable bonds is 3. The summed E-state index contributed by atoms with van der Waals surface area (Å²) in [6.45, 7) is 0.457.